The third-order valence-corrected chi connectivity index (χ3v) is 3.98. The zero-order valence-electron chi connectivity index (χ0n) is 9.59. The van der Waals surface area contributed by atoms with Crippen LogP contribution in [0.2, 0.25) is 0 Å². The van der Waals surface area contributed by atoms with E-state index in [2.05, 4.69) is 37.9 Å². The molecule has 1 aliphatic heterocycles. The minimum absolute atomic E-state index is 0.482. The predicted octanol–water partition coefficient (Wildman–Crippen LogP) is 2.29. The molecular formula is C11H16IN3O. The molecule has 0 aliphatic carbocycles. The van der Waals surface area contributed by atoms with Gasteiger partial charge < -0.3 is 10.1 Å². The van der Waals surface area contributed by atoms with Crippen LogP contribution in [0.3, 0.4) is 0 Å². The van der Waals surface area contributed by atoms with Gasteiger partial charge in [-0.25, -0.2) is 9.97 Å². The fourth-order valence-corrected chi connectivity index (χ4v) is 2.23. The molecule has 0 radical (unpaired) electrons. The molecule has 1 fully saturated rings. The average Bonchev–Trinajstić information content (AvgIpc) is 2.27. The van der Waals surface area contributed by atoms with E-state index in [0.717, 1.165) is 47.0 Å². The van der Waals surface area contributed by atoms with Crippen molar-refractivity contribution in [3.8, 4) is 0 Å². The molecule has 0 amide bonds. The third kappa shape index (κ3) is 2.82. The van der Waals surface area contributed by atoms with Gasteiger partial charge in [-0.1, -0.05) is 0 Å². The number of nitrogens with one attached hydrogen (secondary N) is 1. The molecule has 1 aliphatic rings. The summed E-state index contributed by atoms with van der Waals surface area (Å²) < 4.78 is 6.46. The highest BCUT2D eigenvalue weighted by Crippen LogP contribution is 2.21. The van der Waals surface area contributed by atoms with Gasteiger partial charge in [0.05, 0.1) is 9.26 Å². The Hall–Kier alpha value is -0.430. The highest BCUT2D eigenvalue weighted by Gasteiger charge is 2.16. The van der Waals surface area contributed by atoms with Gasteiger partial charge >= 0.3 is 0 Å². The normalized spacial score (nSPS) is 17.4. The van der Waals surface area contributed by atoms with Gasteiger partial charge in [-0.05, 0) is 49.3 Å². The standard InChI is InChI=1S/C11H16IN3O/c1-7-10(12)11(14-8(2)13-7)15-9-3-5-16-6-4-9/h9H,3-6H2,1-2H3,(H,13,14,15). The van der Waals surface area contributed by atoms with Crippen LogP contribution in [-0.2, 0) is 4.74 Å². The summed E-state index contributed by atoms with van der Waals surface area (Å²) >= 11 is 2.30. The number of hydrogen-bond acceptors (Lipinski definition) is 4. The van der Waals surface area contributed by atoms with E-state index in [1.807, 2.05) is 13.8 Å². The van der Waals surface area contributed by atoms with E-state index in [0.29, 0.717) is 6.04 Å². The maximum absolute atomic E-state index is 5.34. The summed E-state index contributed by atoms with van der Waals surface area (Å²) in [6, 6.07) is 0.482. The van der Waals surface area contributed by atoms with E-state index >= 15 is 0 Å². The molecule has 16 heavy (non-hydrogen) atoms. The summed E-state index contributed by atoms with van der Waals surface area (Å²) in [6.45, 7) is 5.64. The number of halogens is 1. The first kappa shape index (κ1) is 12.0. The minimum atomic E-state index is 0.482. The Kier molecular flexibility index (Phi) is 3.96. The molecule has 0 spiro atoms. The van der Waals surface area contributed by atoms with E-state index < -0.39 is 0 Å². The Bertz CT molecular complexity index is 378. The van der Waals surface area contributed by atoms with Gasteiger partial charge in [-0.2, -0.15) is 0 Å². The van der Waals surface area contributed by atoms with Gasteiger partial charge in [0.2, 0.25) is 0 Å². The van der Waals surface area contributed by atoms with Crippen molar-refractivity contribution in [3.63, 3.8) is 0 Å². The second-order valence-electron chi connectivity index (χ2n) is 4.05. The highest BCUT2D eigenvalue weighted by molar-refractivity contribution is 14.1. The lowest BCUT2D eigenvalue weighted by atomic mass is 10.1. The van der Waals surface area contributed by atoms with E-state index in [1.165, 1.54) is 0 Å². The van der Waals surface area contributed by atoms with Gasteiger partial charge in [0.25, 0.3) is 0 Å². The zero-order valence-corrected chi connectivity index (χ0v) is 11.7. The largest absolute Gasteiger partial charge is 0.381 e. The molecule has 5 heteroatoms. The fourth-order valence-electron chi connectivity index (χ4n) is 1.83. The van der Waals surface area contributed by atoms with Gasteiger partial charge in [0.1, 0.15) is 11.6 Å². The van der Waals surface area contributed by atoms with Crippen molar-refractivity contribution in [1.29, 1.82) is 0 Å². The van der Waals surface area contributed by atoms with Crippen molar-refractivity contribution in [2.24, 2.45) is 0 Å². The first-order valence-electron chi connectivity index (χ1n) is 5.52. The van der Waals surface area contributed by atoms with Crippen LogP contribution in [0.5, 0.6) is 0 Å². The fraction of sp³-hybridized carbons (Fsp3) is 0.636. The molecule has 0 unspecified atom stereocenters. The van der Waals surface area contributed by atoms with Gasteiger partial charge in [0, 0.05) is 19.3 Å². The molecule has 2 rings (SSSR count). The van der Waals surface area contributed by atoms with Crippen LogP contribution in [0, 0.1) is 17.4 Å². The topological polar surface area (TPSA) is 47.0 Å². The van der Waals surface area contributed by atoms with Crippen molar-refractivity contribution in [2.75, 3.05) is 18.5 Å². The maximum Gasteiger partial charge on any atom is 0.143 e. The predicted molar refractivity (Wildman–Crippen MR) is 71.7 cm³/mol. The minimum Gasteiger partial charge on any atom is -0.381 e. The summed E-state index contributed by atoms with van der Waals surface area (Å²) in [5.74, 6) is 1.80. The van der Waals surface area contributed by atoms with Crippen LogP contribution < -0.4 is 5.32 Å². The molecule has 2 heterocycles. The van der Waals surface area contributed by atoms with Crippen molar-refractivity contribution in [3.05, 3.63) is 15.1 Å². The number of rotatable bonds is 2. The Labute approximate surface area is 109 Å². The van der Waals surface area contributed by atoms with Crippen molar-refractivity contribution in [1.82, 2.24) is 9.97 Å². The molecule has 88 valence electrons. The number of anilines is 1. The lowest BCUT2D eigenvalue weighted by Gasteiger charge is -2.24. The van der Waals surface area contributed by atoms with Crippen LogP contribution in [0.1, 0.15) is 24.4 Å². The SMILES string of the molecule is Cc1nc(C)c(I)c(NC2CCOCC2)n1. The van der Waals surface area contributed by atoms with Crippen LogP contribution in [0.25, 0.3) is 0 Å². The van der Waals surface area contributed by atoms with Crippen molar-refractivity contribution < 1.29 is 4.74 Å². The Morgan fingerprint density at radius 1 is 1.25 bits per heavy atom. The number of nitrogens with zero attached hydrogens (tertiary/aromatic N) is 2. The van der Waals surface area contributed by atoms with Crippen LogP contribution in [-0.4, -0.2) is 29.2 Å². The lowest BCUT2D eigenvalue weighted by Crippen LogP contribution is -2.28. The molecule has 4 nitrogen and oxygen atoms in total. The molecule has 0 saturated carbocycles. The molecular weight excluding hydrogens is 317 g/mol. The summed E-state index contributed by atoms with van der Waals surface area (Å²) in [7, 11) is 0. The van der Waals surface area contributed by atoms with Gasteiger partial charge in [0.15, 0.2) is 0 Å². The molecule has 0 bridgehead atoms. The quantitative estimate of drug-likeness (QED) is 0.844. The smallest absolute Gasteiger partial charge is 0.143 e. The molecule has 0 atom stereocenters. The first-order valence-corrected chi connectivity index (χ1v) is 6.59. The second-order valence-corrected chi connectivity index (χ2v) is 5.13. The average molecular weight is 333 g/mol. The number of aryl methyl sites for hydroxylation is 2. The number of aromatic nitrogens is 2. The van der Waals surface area contributed by atoms with E-state index in [1.54, 1.807) is 0 Å². The molecule has 0 aromatic carbocycles. The summed E-state index contributed by atoms with van der Waals surface area (Å²) in [6.07, 6.45) is 2.11. The Balaban J connectivity index is 2.13. The van der Waals surface area contributed by atoms with Crippen LogP contribution in [0.15, 0.2) is 0 Å². The third-order valence-electron chi connectivity index (χ3n) is 2.69. The van der Waals surface area contributed by atoms with Crippen molar-refractivity contribution >= 4 is 28.4 Å². The monoisotopic (exact) mass is 333 g/mol. The Morgan fingerprint density at radius 3 is 2.62 bits per heavy atom. The van der Waals surface area contributed by atoms with Gasteiger partial charge in [-0.15, -0.1) is 0 Å². The second kappa shape index (κ2) is 5.27. The van der Waals surface area contributed by atoms with Crippen molar-refractivity contribution in [2.45, 2.75) is 32.7 Å². The highest BCUT2D eigenvalue weighted by atomic mass is 127. The summed E-state index contributed by atoms with van der Waals surface area (Å²) in [5.41, 5.74) is 1.04. The number of hydrogen-bond donors (Lipinski definition) is 1. The van der Waals surface area contributed by atoms with Gasteiger partial charge in [-0.3, -0.25) is 0 Å². The number of ether oxygens (including phenoxy) is 1. The maximum atomic E-state index is 5.34. The summed E-state index contributed by atoms with van der Waals surface area (Å²) in [4.78, 5) is 8.80. The lowest BCUT2D eigenvalue weighted by molar-refractivity contribution is 0.0903. The van der Waals surface area contributed by atoms with E-state index in [9.17, 15) is 0 Å². The van der Waals surface area contributed by atoms with E-state index in [-0.39, 0.29) is 0 Å². The molecule has 1 saturated heterocycles. The summed E-state index contributed by atoms with van der Waals surface area (Å²) in [5, 5.41) is 3.49. The van der Waals surface area contributed by atoms with Crippen LogP contribution in [0.4, 0.5) is 5.82 Å². The zero-order chi connectivity index (χ0) is 11.5. The van der Waals surface area contributed by atoms with Crippen LogP contribution >= 0.6 is 22.6 Å². The Morgan fingerprint density at radius 2 is 1.94 bits per heavy atom. The van der Waals surface area contributed by atoms with E-state index in [4.69, 9.17) is 4.74 Å². The molecule has 1 aromatic rings. The first-order chi connectivity index (χ1) is 7.66. The molecule has 1 aromatic heterocycles. The molecule has 1 N–H and O–H groups in total.